The molecule has 1 aromatic carbocycles. The Bertz CT molecular complexity index is 1150. The molecule has 1 amide bonds. The Hall–Kier alpha value is -3.33. The summed E-state index contributed by atoms with van der Waals surface area (Å²) in [5.74, 6) is -0.360. The highest BCUT2D eigenvalue weighted by Gasteiger charge is 2.22. The van der Waals surface area contributed by atoms with Gasteiger partial charge in [-0.25, -0.2) is 14.6 Å². The van der Waals surface area contributed by atoms with Crippen LogP contribution in [0.15, 0.2) is 59.5 Å². The number of amides is 1. The summed E-state index contributed by atoms with van der Waals surface area (Å²) >= 11 is 1.35. The fraction of sp³-hybridized carbons (Fsp3) is 0.167. The summed E-state index contributed by atoms with van der Waals surface area (Å²) in [6, 6.07) is 7.46. The van der Waals surface area contributed by atoms with Gasteiger partial charge in [0.25, 0.3) is 11.5 Å². The first kappa shape index (κ1) is 17.1. The molecule has 4 rings (SSSR count). The number of rotatable bonds is 4. The van der Waals surface area contributed by atoms with E-state index in [9.17, 15) is 9.59 Å². The van der Waals surface area contributed by atoms with Crippen LogP contribution in [0.2, 0.25) is 0 Å². The van der Waals surface area contributed by atoms with E-state index in [0.717, 1.165) is 11.3 Å². The number of carbonyl (C=O) groups excluding carboxylic acids is 1. The highest BCUT2D eigenvalue weighted by Crippen LogP contribution is 2.21. The van der Waals surface area contributed by atoms with Crippen molar-refractivity contribution in [3.63, 3.8) is 0 Å². The summed E-state index contributed by atoms with van der Waals surface area (Å²) < 4.78 is 3.05. The molecule has 0 saturated heterocycles. The first-order chi connectivity index (χ1) is 13.1. The Balaban J connectivity index is 1.59. The van der Waals surface area contributed by atoms with Crippen LogP contribution in [-0.2, 0) is 0 Å². The van der Waals surface area contributed by atoms with E-state index in [4.69, 9.17) is 0 Å². The Kier molecular flexibility index (Phi) is 4.28. The maximum absolute atomic E-state index is 12.9. The molecule has 8 nitrogen and oxygen atoms in total. The number of carbonyl (C=O) groups is 1. The minimum atomic E-state index is -0.360. The second-order valence-electron chi connectivity index (χ2n) is 6.06. The van der Waals surface area contributed by atoms with Gasteiger partial charge in [-0.15, -0.1) is 11.3 Å². The van der Waals surface area contributed by atoms with Crippen LogP contribution in [0.1, 0.15) is 28.9 Å². The zero-order chi connectivity index (χ0) is 19.0. The maximum Gasteiger partial charge on any atom is 0.271 e. The summed E-state index contributed by atoms with van der Waals surface area (Å²) in [6.45, 7) is 1.91. The maximum atomic E-state index is 12.9. The van der Waals surface area contributed by atoms with Gasteiger partial charge in [-0.3, -0.25) is 14.0 Å². The molecule has 0 radical (unpaired) electrons. The van der Waals surface area contributed by atoms with Gasteiger partial charge in [0, 0.05) is 24.8 Å². The van der Waals surface area contributed by atoms with Crippen LogP contribution in [0.25, 0.3) is 10.6 Å². The van der Waals surface area contributed by atoms with E-state index in [1.807, 2.05) is 31.2 Å². The van der Waals surface area contributed by atoms with Crippen LogP contribution in [0.5, 0.6) is 0 Å². The summed E-state index contributed by atoms with van der Waals surface area (Å²) in [6.07, 6.45) is 6.07. The summed E-state index contributed by atoms with van der Waals surface area (Å²) in [5, 5.41) is 5.86. The second kappa shape index (κ2) is 6.76. The lowest BCUT2D eigenvalue weighted by molar-refractivity contribution is 0.0740. The van der Waals surface area contributed by atoms with Gasteiger partial charge in [0.2, 0.25) is 0 Å². The normalized spacial score (nSPS) is 12.2. The van der Waals surface area contributed by atoms with E-state index in [2.05, 4.69) is 15.1 Å². The minimum absolute atomic E-state index is 0.0551. The summed E-state index contributed by atoms with van der Waals surface area (Å²) in [4.78, 5) is 35.6. The number of hydrogen-bond donors (Lipinski definition) is 0. The molecule has 0 aliphatic rings. The van der Waals surface area contributed by atoms with Crippen LogP contribution in [0.3, 0.4) is 0 Å². The molecular weight excluding hydrogens is 364 g/mol. The van der Waals surface area contributed by atoms with E-state index >= 15 is 0 Å². The van der Waals surface area contributed by atoms with Gasteiger partial charge in [0.15, 0.2) is 4.96 Å². The quantitative estimate of drug-likeness (QED) is 0.542. The molecule has 0 bridgehead atoms. The zero-order valence-corrected chi connectivity index (χ0v) is 15.5. The molecule has 0 unspecified atom stereocenters. The van der Waals surface area contributed by atoms with Crippen LogP contribution >= 0.6 is 11.3 Å². The molecular formula is C18H16N6O2S. The van der Waals surface area contributed by atoms with E-state index in [0.29, 0.717) is 4.96 Å². The molecule has 0 N–H and O–H groups in total. The topological polar surface area (TPSA) is 85.4 Å². The summed E-state index contributed by atoms with van der Waals surface area (Å²) in [7, 11) is 1.68. The number of benzene rings is 1. The molecule has 0 aliphatic heterocycles. The molecule has 3 heterocycles. The fourth-order valence-corrected chi connectivity index (χ4v) is 3.48. The van der Waals surface area contributed by atoms with Crippen LogP contribution in [-0.4, -0.2) is 42.0 Å². The first-order valence-corrected chi connectivity index (χ1v) is 9.11. The van der Waals surface area contributed by atoms with Crippen molar-refractivity contribution in [2.24, 2.45) is 0 Å². The predicted molar refractivity (Wildman–Crippen MR) is 101 cm³/mol. The number of aromatic nitrogens is 5. The Morgan fingerprint density at radius 3 is 2.74 bits per heavy atom. The van der Waals surface area contributed by atoms with Crippen LogP contribution in [0, 0.1) is 0 Å². The highest BCUT2D eigenvalue weighted by atomic mass is 32.1. The van der Waals surface area contributed by atoms with Crippen molar-refractivity contribution in [1.82, 2.24) is 29.0 Å². The number of fused-ring (bicyclic) bond motifs is 1. The molecule has 0 saturated carbocycles. The average molecular weight is 380 g/mol. The van der Waals surface area contributed by atoms with Gasteiger partial charge in [0.05, 0.1) is 11.7 Å². The van der Waals surface area contributed by atoms with Gasteiger partial charge in [-0.1, -0.05) is 12.1 Å². The van der Waals surface area contributed by atoms with E-state index in [-0.39, 0.29) is 23.1 Å². The van der Waals surface area contributed by atoms with Gasteiger partial charge >= 0.3 is 0 Å². The van der Waals surface area contributed by atoms with E-state index in [1.165, 1.54) is 28.3 Å². The van der Waals surface area contributed by atoms with Crippen molar-refractivity contribution in [2.75, 3.05) is 7.05 Å². The van der Waals surface area contributed by atoms with Crippen molar-refractivity contribution in [1.29, 1.82) is 0 Å². The first-order valence-electron chi connectivity index (χ1n) is 8.23. The number of hydrogen-bond acceptors (Lipinski definition) is 6. The van der Waals surface area contributed by atoms with Crippen molar-refractivity contribution >= 4 is 22.2 Å². The molecule has 27 heavy (non-hydrogen) atoms. The molecule has 4 aromatic rings. The van der Waals surface area contributed by atoms with Crippen molar-refractivity contribution in [3.05, 3.63) is 76.2 Å². The molecule has 3 aromatic heterocycles. The molecule has 136 valence electrons. The average Bonchev–Trinajstić information content (AvgIpc) is 3.39. The zero-order valence-electron chi connectivity index (χ0n) is 14.7. The summed E-state index contributed by atoms with van der Waals surface area (Å²) in [5.41, 5.74) is 1.52. The van der Waals surface area contributed by atoms with Crippen LogP contribution in [0.4, 0.5) is 0 Å². The standard InChI is InChI=1S/C18H16N6O2S/c1-12(13-3-5-14(6-4-13)24-11-19-10-21-24)22(2)16(25)15-9-20-18-23(17(15)26)7-8-27-18/h3-12H,1-2H3/t12-/m0/s1. The van der Waals surface area contributed by atoms with Gasteiger partial charge in [0.1, 0.15) is 18.2 Å². The molecule has 0 aliphatic carbocycles. The molecule has 0 spiro atoms. The largest absolute Gasteiger partial charge is 0.335 e. The minimum Gasteiger partial charge on any atom is -0.335 e. The lowest BCUT2D eigenvalue weighted by Crippen LogP contribution is -2.34. The second-order valence-corrected chi connectivity index (χ2v) is 6.93. The molecule has 9 heteroatoms. The monoisotopic (exact) mass is 380 g/mol. The Morgan fingerprint density at radius 1 is 1.26 bits per heavy atom. The third kappa shape index (κ3) is 3.02. The van der Waals surface area contributed by atoms with Gasteiger partial charge < -0.3 is 4.90 Å². The third-order valence-corrected chi connectivity index (χ3v) is 5.30. The number of thiazole rings is 1. The Labute approximate surface area is 158 Å². The van der Waals surface area contributed by atoms with Crippen molar-refractivity contribution in [3.8, 4) is 5.69 Å². The Morgan fingerprint density at radius 2 is 2.04 bits per heavy atom. The fourth-order valence-electron chi connectivity index (χ4n) is 2.81. The third-order valence-electron chi connectivity index (χ3n) is 4.53. The lowest BCUT2D eigenvalue weighted by atomic mass is 10.1. The van der Waals surface area contributed by atoms with E-state index < -0.39 is 0 Å². The molecule has 1 atom stereocenters. The smallest absolute Gasteiger partial charge is 0.271 e. The van der Waals surface area contributed by atoms with Crippen molar-refractivity contribution in [2.45, 2.75) is 13.0 Å². The number of nitrogens with zero attached hydrogens (tertiary/aromatic N) is 6. The van der Waals surface area contributed by atoms with Gasteiger partial charge in [-0.2, -0.15) is 5.10 Å². The van der Waals surface area contributed by atoms with Gasteiger partial charge in [-0.05, 0) is 24.6 Å². The van der Waals surface area contributed by atoms with Crippen LogP contribution < -0.4 is 5.56 Å². The highest BCUT2D eigenvalue weighted by molar-refractivity contribution is 7.15. The lowest BCUT2D eigenvalue weighted by Gasteiger charge is -2.25. The SMILES string of the molecule is C[C@@H](c1ccc(-n2cncn2)cc1)N(C)C(=O)c1cnc2sccn2c1=O. The van der Waals surface area contributed by atoms with Crippen molar-refractivity contribution < 1.29 is 4.79 Å². The van der Waals surface area contributed by atoms with E-state index in [1.54, 1.807) is 34.5 Å². The molecule has 0 fully saturated rings. The predicted octanol–water partition coefficient (Wildman–Crippen LogP) is 2.17.